The second kappa shape index (κ2) is 9.71. The number of carbonyl (C=O) groups is 2. The number of hydrogen-bond acceptors (Lipinski definition) is 6. The summed E-state index contributed by atoms with van der Waals surface area (Å²) < 4.78 is 16.4. The summed E-state index contributed by atoms with van der Waals surface area (Å²) in [5, 5.41) is 0.290. The highest BCUT2D eigenvalue weighted by atomic mass is 35.5. The lowest BCUT2D eigenvalue weighted by Crippen LogP contribution is -2.32. The van der Waals surface area contributed by atoms with Crippen molar-refractivity contribution in [2.45, 2.75) is 6.92 Å². The molecule has 3 rings (SSSR count). The smallest absolute Gasteiger partial charge is 0.293 e. The molecule has 152 valence electrons. The van der Waals surface area contributed by atoms with Gasteiger partial charge in [0.1, 0.15) is 12.4 Å². The highest BCUT2D eigenvalue weighted by molar-refractivity contribution is 8.18. The molecule has 0 bridgehead atoms. The number of nitrogens with zero attached hydrogens (tertiary/aromatic N) is 1. The van der Waals surface area contributed by atoms with Crippen molar-refractivity contribution in [3.8, 4) is 17.2 Å². The Labute approximate surface area is 178 Å². The predicted molar refractivity (Wildman–Crippen MR) is 114 cm³/mol. The van der Waals surface area contributed by atoms with Crippen LogP contribution in [0.1, 0.15) is 12.5 Å². The van der Waals surface area contributed by atoms with E-state index in [-0.39, 0.29) is 24.3 Å². The normalized spacial score (nSPS) is 15.1. The van der Waals surface area contributed by atoms with E-state index in [1.54, 1.807) is 49.6 Å². The predicted octanol–water partition coefficient (Wildman–Crippen LogP) is 4.86. The van der Waals surface area contributed by atoms with Crippen molar-refractivity contribution in [3.05, 3.63) is 58.0 Å². The zero-order valence-corrected chi connectivity index (χ0v) is 17.6. The van der Waals surface area contributed by atoms with Crippen LogP contribution in [0.25, 0.3) is 6.08 Å². The molecule has 0 unspecified atom stereocenters. The third-order valence-electron chi connectivity index (χ3n) is 4.06. The molecule has 29 heavy (non-hydrogen) atoms. The van der Waals surface area contributed by atoms with Gasteiger partial charge in [0.2, 0.25) is 0 Å². The van der Waals surface area contributed by atoms with Crippen LogP contribution in [0.15, 0.2) is 47.4 Å². The third-order valence-corrected chi connectivity index (χ3v) is 5.22. The molecule has 0 spiro atoms. The molecule has 1 aliphatic heterocycles. The summed E-state index contributed by atoms with van der Waals surface area (Å²) in [6.45, 7) is 2.77. The van der Waals surface area contributed by atoms with E-state index >= 15 is 0 Å². The molecular formula is C21H20ClNO5S. The van der Waals surface area contributed by atoms with Gasteiger partial charge >= 0.3 is 0 Å². The lowest BCUT2D eigenvalue weighted by molar-refractivity contribution is -0.123. The molecule has 1 heterocycles. The summed E-state index contributed by atoms with van der Waals surface area (Å²) in [4.78, 5) is 26.4. The summed E-state index contributed by atoms with van der Waals surface area (Å²) in [5.41, 5.74) is 0.744. The monoisotopic (exact) mass is 433 g/mol. The van der Waals surface area contributed by atoms with E-state index < -0.39 is 0 Å². The molecule has 1 fully saturated rings. The number of thioether (sulfide) groups is 1. The number of benzene rings is 2. The van der Waals surface area contributed by atoms with Crippen LogP contribution in [0, 0.1) is 0 Å². The number of halogens is 1. The minimum atomic E-state index is -0.340. The first-order chi connectivity index (χ1) is 14.0. The maximum absolute atomic E-state index is 12.6. The molecule has 1 aliphatic rings. The third kappa shape index (κ3) is 5.25. The summed E-state index contributed by atoms with van der Waals surface area (Å²) in [7, 11) is 1.55. The standard InChI is InChI=1S/C21H20ClNO5S/c1-3-27-17-9-4-14(12-18(17)26-2)13-19-20(24)23(21(25)29-19)10-11-28-16-7-5-15(22)6-8-16/h4-9,12-13H,3,10-11H2,1-2H3/b19-13-. The van der Waals surface area contributed by atoms with Gasteiger partial charge in [0, 0.05) is 5.02 Å². The van der Waals surface area contributed by atoms with Gasteiger partial charge in [-0.2, -0.15) is 0 Å². The summed E-state index contributed by atoms with van der Waals surface area (Å²) in [6, 6.07) is 12.2. The van der Waals surface area contributed by atoms with Crippen molar-refractivity contribution in [1.29, 1.82) is 0 Å². The van der Waals surface area contributed by atoms with Crippen molar-refractivity contribution in [2.24, 2.45) is 0 Å². The van der Waals surface area contributed by atoms with E-state index in [2.05, 4.69) is 0 Å². The Bertz CT molecular complexity index is 929. The van der Waals surface area contributed by atoms with E-state index in [1.165, 1.54) is 4.90 Å². The first-order valence-corrected chi connectivity index (χ1v) is 10.2. The summed E-state index contributed by atoms with van der Waals surface area (Å²) in [5.74, 6) is 1.47. The number of methoxy groups -OCH3 is 1. The zero-order chi connectivity index (χ0) is 20.8. The van der Waals surface area contributed by atoms with Gasteiger partial charge in [-0.25, -0.2) is 0 Å². The number of hydrogen-bond donors (Lipinski definition) is 0. The largest absolute Gasteiger partial charge is 0.493 e. The molecule has 8 heteroatoms. The zero-order valence-electron chi connectivity index (χ0n) is 16.0. The molecule has 0 atom stereocenters. The number of imide groups is 1. The summed E-state index contributed by atoms with van der Waals surface area (Å²) in [6.07, 6.45) is 1.67. The molecule has 2 aromatic carbocycles. The van der Waals surface area contributed by atoms with Crippen molar-refractivity contribution in [1.82, 2.24) is 4.90 Å². The second-order valence-corrected chi connectivity index (χ2v) is 7.41. The number of rotatable bonds is 8. The van der Waals surface area contributed by atoms with E-state index in [0.29, 0.717) is 33.8 Å². The highest BCUT2D eigenvalue weighted by Crippen LogP contribution is 2.34. The topological polar surface area (TPSA) is 65.1 Å². The van der Waals surface area contributed by atoms with Crippen LogP contribution in [-0.4, -0.2) is 42.9 Å². The van der Waals surface area contributed by atoms with Crippen molar-refractivity contribution < 1.29 is 23.8 Å². The fourth-order valence-electron chi connectivity index (χ4n) is 2.68. The fourth-order valence-corrected chi connectivity index (χ4v) is 3.67. The Morgan fingerprint density at radius 2 is 1.83 bits per heavy atom. The molecular weight excluding hydrogens is 414 g/mol. The molecule has 0 saturated carbocycles. The Hall–Kier alpha value is -2.64. The minimum absolute atomic E-state index is 0.164. The van der Waals surface area contributed by atoms with Gasteiger partial charge in [0.25, 0.3) is 11.1 Å². The molecule has 2 amide bonds. The quantitative estimate of drug-likeness (QED) is 0.554. The van der Waals surface area contributed by atoms with Crippen LogP contribution < -0.4 is 14.2 Å². The Morgan fingerprint density at radius 1 is 1.07 bits per heavy atom. The van der Waals surface area contributed by atoms with E-state index in [0.717, 1.165) is 17.3 Å². The molecule has 0 aromatic heterocycles. The van der Waals surface area contributed by atoms with Crippen LogP contribution in [0.3, 0.4) is 0 Å². The van der Waals surface area contributed by atoms with E-state index in [4.69, 9.17) is 25.8 Å². The molecule has 2 aromatic rings. The second-order valence-electron chi connectivity index (χ2n) is 5.98. The molecule has 0 N–H and O–H groups in total. The van der Waals surface area contributed by atoms with Gasteiger partial charge in [-0.1, -0.05) is 17.7 Å². The van der Waals surface area contributed by atoms with Crippen LogP contribution >= 0.6 is 23.4 Å². The Balaban J connectivity index is 1.65. The maximum atomic E-state index is 12.6. The minimum Gasteiger partial charge on any atom is -0.493 e. The molecule has 6 nitrogen and oxygen atoms in total. The molecule has 0 aliphatic carbocycles. The highest BCUT2D eigenvalue weighted by Gasteiger charge is 2.34. The first kappa shape index (κ1) is 21.1. The Morgan fingerprint density at radius 3 is 2.52 bits per heavy atom. The fraction of sp³-hybridized carbons (Fsp3) is 0.238. The SMILES string of the molecule is CCOc1ccc(/C=C2\SC(=O)N(CCOc3ccc(Cl)cc3)C2=O)cc1OC. The van der Waals surface area contributed by atoms with Crippen molar-refractivity contribution in [2.75, 3.05) is 26.9 Å². The van der Waals surface area contributed by atoms with Gasteiger partial charge in [0.05, 0.1) is 25.2 Å². The van der Waals surface area contributed by atoms with Crippen molar-refractivity contribution >= 4 is 40.6 Å². The van der Waals surface area contributed by atoms with Crippen LogP contribution in [0.5, 0.6) is 17.2 Å². The van der Waals surface area contributed by atoms with Gasteiger partial charge < -0.3 is 14.2 Å². The summed E-state index contributed by atoms with van der Waals surface area (Å²) >= 11 is 6.74. The van der Waals surface area contributed by atoms with Crippen LogP contribution in [0.2, 0.25) is 5.02 Å². The first-order valence-electron chi connectivity index (χ1n) is 8.96. The van der Waals surface area contributed by atoms with Crippen molar-refractivity contribution in [3.63, 3.8) is 0 Å². The lowest BCUT2D eigenvalue weighted by Gasteiger charge is -2.13. The van der Waals surface area contributed by atoms with Gasteiger partial charge in [-0.3, -0.25) is 14.5 Å². The number of amides is 2. The van der Waals surface area contributed by atoms with E-state index in [1.807, 2.05) is 13.0 Å². The molecule has 1 saturated heterocycles. The average Bonchev–Trinajstić information content (AvgIpc) is 2.98. The average molecular weight is 434 g/mol. The van der Waals surface area contributed by atoms with Gasteiger partial charge in [-0.05, 0) is 66.7 Å². The number of carbonyl (C=O) groups excluding carboxylic acids is 2. The van der Waals surface area contributed by atoms with E-state index in [9.17, 15) is 9.59 Å². The van der Waals surface area contributed by atoms with Gasteiger partial charge in [-0.15, -0.1) is 0 Å². The Kier molecular flexibility index (Phi) is 7.06. The maximum Gasteiger partial charge on any atom is 0.293 e. The number of ether oxygens (including phenoxy) is 3. The van der Waals surface area contributed by atoms with Crippen LogP contribution in [-0.2, 0) is 4.79 Å². The van der Waals surface area contributed by atoms with Crippen LogP contribution in [0.4, 0.5) is 4.79 Å². The van der Waals surface area contributed by atoms with Gasteiger partial charge in [0.15, 0.2) is 11.5 Å². The lowest BCUT2D eigenvalue weighted by atomic mass is 10.2. The molecule has 0 radical (unpaired) electrons.